The van der Waals surface area contributed by atoms with E-state index in [2.05, 4.69) is 4.89 Å². The molecule has 0 atom stereocenters. The fourth-order valence-electron chi connectivity index (χ4n) is 0.0589. The van der Waals surface area contributed by atoms with Gasteiger partial charge in [0.2, 0.25) is 0 Å². The number of hydrogen-bond acceptors (Lipinski definition) is 3. The molecular weight excluding hydrogens is 84.0 g/mol. The zero-order chi connectivity index (χ0) is 4.99. The van der Waals surface area contributed by atoms with Crippen molar-refractivity contribution in [3.05, 3.63) is 0 Å². The molecule has 0 radical (unpaired) electrons. The van der Waals surface area contributed by atoms with Gasteiger partial charge >= 0.3 is 0 Å². The van der Waals surface area contributed by atoms with Crippen LogP contribution < -0.4 is 5.26 Å². The molecule has 0 aliphatic rings. The average Bonchev–Trinajstić information content (AvgIpc) is 1.65. The predicted octanol–water partition coefficient (Wildman–Crippen LogP) is -0.785. The van der Waals surface area contributed by atoms with E-state index in [-0.39, 0.29) is 6.42 Å². The lowest BCUT2D eigenvalue weighted by Crippen LogP contribution is -2.12. The average molecular weight is 89.1 g/mol. The van der Waals surface area contributed by atoms with Gasteiger partial charge in [-0.15, -0.1) is 0 Å². The van der Waals surface area contributed by atoms with Gasteiger partial charge in [0, 0.05) is 6.42 Å². The van der Waals surface area contributed by atoms with Gasteiger partial charge in [-0.2, -0.15) is 0 Å². The molecule has 0 aliphatic carbocycles. The molecule has 6 heavy (non-hydrogen) atoms. The van der Waals surface area contributed by atoms with Crippen LogP contribution in [0.4, 0.5) is 0 Å². The second kappa shape index (κ2) is 2.66. The Labute approximate surface area is 35.5 Å². The topological polar surface area (TPSA) is 49.4 Å². The van der Waals surface area contributed by atoms with Crippen molar-refractivity contribution in [3.8, 4) is 0 Å². The van der Waals surface area contributed by atoms with Crippen molar-refractivity contribution in [3.63, 3.8) is 0 Å². The van der Waals surface area contributed by atoms with Gasteiger partial charge in [-0.05, 0) is 0 Å². The Bertz CT molecular complexity index is 44.0. The molecule has 0 aromatic carbocycles. The highest BCUT2D eigenvalue weighted by atomic mass is 17.1. The maximum atomic E-state index is 9.65. The van der Waals surface area contributed by atoms with Crippen LogP contribution in [0, 0.1) is 0 Å². The van der Waals surface area contributed by atoms with Crippen LogP contribution >= 0.6 is 0 Å². The first-order chi connectivity index (χ1) is 2.81. The van der Waals surface area contributed by atoms with E-state index in [1.165, 1.54) is 0 Å². The molecule has 0 rings (SSSR count). The summed E-state index contributed by atoms with van der Waals surface area (Å²) in [5.74, 6) is -0.713. The maximum Gasteiger partial charge on any atom is 0.299 e. The van der Waals surface area contributed by atoms with Crippen molar-refractivity contribution in [1.29, 1.82) is 0 Å². The van der Waals surface area contributed by atoms with Crippen LogP contribution in [0.3, 0.4) is 0 Å². The number of rotatable bonds is 1. The third kappa shape index (κ3) is 1.72. The normalized spacial score (nSPS) is 7.67. The lowest BCUT2D eigenvalue weighted by atomic mass is 10.5. The fourth-order valence-corrected chi connectivity index (χ4v) is 0.0589. The van der Waals surface area contributed by atoms with Gasteiger partial charge in [-0.3, -0.25) is 4.79 Å². The van der Waals surface area contributed by atoms with Gasteiger partial charge in [0.25, 0.3) is 5.97 Å². The summed E-state index contributed by atoms with van der Waals surface area (Å²) >= 11 is 0. The minimum atomic E-state index is -0.713. The van der Waals surface area contributed by atoms with Crippen molar-refractivity contribution in [2.75, 3.05) is 0 Å². The van der Waals surface area contributed by atoms with E-state index in [1.54, 1.807) is 6.92 Å². The van der Waals surface area contributed by atoms with Crippen LogP contribution in [0.2, 0.25) is 0 Å². The first-order valence-electron chi connectivity index (χ1n) is 1.64. The Morgan fingerprint density at radius 1 is 2.00 bits per heavy atom. The van der Waals surface area contributed by atoms with Gasteiger partial charge in [0.05, 0.1) is 0 Å². The Morgan fingerprint density at radius 2 is 2.50 bits per heavy atom. The standard InChI is InChI=1S/C3H6O3/c1-2-3(4)6-5/h5H,2H2,1H3/p-1. The lowest BCUT2D eigenvalue weighted by Gasteiger charge is -2.00. The molecule has 36 valence electrons. The van der Waals surface area contributed by atoms with Gasteiger partial charge in [0.1, 0.15) is 0 Å². The Balaban J connectivity index is 2.99. The molecule has 0 aromatic heterocycles. The minimum Gasteiger partial charge on any atom is -0.662 e. The summed E-state index contributed by atoms with van der Waals surface area (Å²) < 4.78 is 0. The van der Waals surface area contributed by atoms with E-state index in [0.29, 0.717) is 0 Å². The van der Waals surface area contributed by atoms with E-state index < -0.39 is 5.97 Å². The molecule has 3 nitrogen and oxygen atoms in total. The van der Waals surface area contributed by atoms with Crippen molar-refractivity contribution < 1.29 is 14.9 Å². The van der Waals surface area contributed by atoms with Crippen molar-refractivity contribution in [2.45, 2.75) is 13.3 Å². The molecule has 0 spiro atoms. The summed E-state index contributed by atoms with van der Waals surface area (Å²) in [6, 6.07) is 0. The molecule has 0 N–H and O–H groups in total. The molecule has 0 bridgehead atoms. The van der Waals surface area contributed by atoms with Crippen molar-refractivity contribution in [1.82, 2.24) is 0 Å². The van der Waals surface area contributed by atoms with Gasteiger partial charge in [-0.1, -0.05) is 6.92 Å². The molecule has 0 amide bonds. The van der Waals surface area contributed by atoms with E-state index in [1.807, 2.05) is 0 Å². The van der Waals surface area contributed by atoms with Crippen molar-refractivity contribution in [2.24, 2.45) is 0 Å². The van der Waals surface area contributed by atoms with Gasteiger partial charge < -0.3 is 10.1 Å². The highest BCUT2D eigenvalue weighted by molar-refractivity contribution is 5.67. The third-order valence-corrected chi connectivity index (χ3v) is 0.382. The Morgan fingerprint density at radius 3 is 2.50 bits per heavy atom. The second-order valence-electron chi connectivity index (χ2n) is 0.809. The first-order valence-corrected chi connectivity index (χ1v) is 1.64. The second-order valence-corrected chi connectivity index (χ2v) is 0.809. The van der Waals surface area contributed by atoms with E-state index in [9.17, 15) is 4.79 Å². The van der Waals surface area contributed by atoms with Crippen LogP contribution in [-0.4, -0.2) is 5.97 Å². The largest absolute Gasteiger partial charge is 0.662 e. The molecule has 0 aliphatic heterocycles. The van der Waals surface area contributed by atoms with E-state index in [0.717, 1.165) is 0 Å². The minimum absolute atomic E-state index is 0.156. The summed E-state index contributed by atoms with van der Waals surface area (Å²) in [6.07, 6.45) is 0.156. The van der Waals surface area contributed by atoms with Crippen LogP contribution in [0.25, 0.3) is 0 Å². The predicted molar refractivity (Wildman–Crippen MR) is 16.4 cm³/mol. The Hall–Kier alpha value is -0.570. The summed E-state index contributed by atoms with van der Waals surface area (Å²) in [6.45, 7) is 1.56. The van der Waals surface area contributed by atoms with Gasteiger partial charge in [0.15, 0.2) is 0 Å². The SMILES string of the molecule is CCC(=O)O[O-]. The molecule has 3 heteroatoms. The summed E-state index contributed by atoms with van der Waals surface area (Å²) in [4.78, 5) is 12.7. The summed E-state index contributed by atoms with van der Waals surface area (Å²) in [5, 5.41) is 9.01. The molecule has 0 fully saturated rings. The van der Waals surface area contributed by atoms with Crippen LogP contribution in [-0.2, 0) is 9.68 Å². The van der Waals surface area contributed by atoms with E-state index >= 15 is 0 Å². The summed E-state index contributed by atoms with van der Waals surface area (Å²) in [5.41, 5.74) is 0. The number of carbonyl (C=O) groups is 1. The van der Waals surface area contributed by atoms with Crippen LogP contribution in [0.15, 0.2) is 0 Å². The third-order valence-electron chi connectivity index (χ3n) is 0.382. The van der Waals surface area contributed by atoms with Crippen LogP contribution in [0.1, 0.15) is 13.3 Å². The fraction of sp³-hybridized carbons (Fsp3) is 0.667. The quantitative estimate of drug-likeness (QED) is 0.312. The molecule has 0 heterocycles. The first kappa shape index (κ1) is 5.43. The molecule has 0 saturated carbocycles. The zero-order valence-corrected chi connectivity index (χ0v) is 3.43. The highest BCUT2D eigenvalue weighted by Gasteiger charge is 1.84. The molecular formula is C3H5O3-. The lowest BCUT2D eigenvalue weighted by molar-refractivity contribution is -0.657. The number of hydrogen-bond donors (Lipinski definition) is 0. The maximum absolute atomic E-state index is 9.65. The molecule has 0 unspecified atom stereocenters. The smallest absolute Gasteiger partial charge is 0.299 e. The zero-order valence-electron chi connectivity index (χ0n) is 3.43. The van der Waals surface area contributed by atoms with E-state index in [4.69, 9.17) is 5.26 Å². The highest BCUT2D eigenvalue weighted by Crippen LogP contribution is 1.73. The molecule has 0 aromatic rings. The van der Waals surface area contributed by atoms with Crippen LogP contribution in [0.5, 0.6) is 0 Å². The van der Waals surface area contributed by atoms with Crippen molar-refractivity contribution >= 4 is 5.97 Å². The summed E-state index contributed by atoms with van der Waals surface area (Å²) in [7, 11) is 0. The molecule has 0 saturated heterocycles. The monoisotopic (exact) mass is 89.0 g/mol. The number of carbonyl (C=O) groups excluding carboxylic acids is 1. The Kier molecular flexibility index (Phi) is 2.40. The van der Waals surface area contributed by atoms with Gasteiger partial charge in [-0.25, -0.2) is 0 Å².